The van der Waals surface area contributed by atoms with E-state index in [1.165, 1.54) is 32.9 Å². The van der Waals surface area contributed by atoms with Crippen LogP contribution in [0, 0.1) is 0 Å². The molecule has 0 saturated carbocycles. The van der Waals surface area contributed by atoms with Crippen LogP contribution >= 0.6 is 22.7 Å². The Bertz CT molecular complexity index is 1140. The van der Waals surface area contributed by atoms with Gasteiger partial charge in [0.05, 0.1) is 5.69 Å². The molecule has 1 aromatic carbocycles. The van der Waals surface area contributed by atoms with Crippen LogP contribution in [0.1, 0.15) is 12.5 Å². The fourth-order valence-corrected chi connectivity index (χ4v) is 3.98. The number of rotatable bonds is 6. The van der Waals surface area contributed by atoms with E-state index in [1.807, 2.05) is 29.0 Å². The van der Waals surface area contributed by atoms with E-state index < -0.39 is 5.69 Å². The predicted molar refractivity (Wildman–Crippen MR) is 109 cm³/mol. The van der Waals surface area contributed by atoms with E-state index in [2.05, 4.69) is 39.8 Å². The number of carbonyl (C=O) groups excluding carboxylic acids is 1. The SMILES string of the molecule is CCc1ccc(-c2csc(NC(=O)Cn3nnn(-c4cccs4)c3=O)n2)cc1. The Morgan fingerprint density at radius 2 is 1.96 bits per heavy atom. The van der Waals surface area contributed by atoms with Crippen molar-refractivity contribution in [3.63, 3.8) is 0 Å². The molecule has 28 heavy (non-hydrogen) atoms. The van der Waals surface area contributed by atoms with Gasteiger partial charge in [0, 0.05) is 10.9 Å². The normalized spacial score (nSPS) is 10.9. The molecule has 0 unspecified atom stereocenters. The largest absolute Gasteiger partial charge is 0.369 e. The van der Waals surface area contributed by atoms with Crippen molar-refractivity contribution in [3.8, 4) is 16.3 Å². The first kappa shape index (κ1) is 18.3. The molecule has 1 N–H and O–H groups in total. The van der Waals surface area contributed by atoms with Crippen LogP contribution in [0.3, 0.4) is 0 Å². The number of aromatic nitrogens is 5. The minimum Gasteiger partial charge on any atom is -0.300 e. The summed E-state index contributed by atoms with van der Waals surface area (Å²) in [5.41, 5.74) is 2.58. The molecule has 8 nitrogen and oxygen atoms in total. The highest BCUT2D eigenvalue weighted by atomic mass is 32.1. The van der Waals surface area contributed by atoms with Gasteiger partial charge in [0.25, 0.3) is 0 Å². The predicted octanol–water partition coefficient (Wildman–Crippen LogP) is 2.82. The molecule has 0 radical (unpaired) electrons. The number of thiophene rings is 1. The first-order valence-corrected chi connectivity index (χ1v) is 10.3. The zero-order valence-corrected chi connectivity index (χ0v) is 16.5. The van der Waals surface area contributed by atoms with Gasteiger partial charge in [0.2, 0.25) is 5.91 Å². The van der Waals surface area contributed by atoms with Crippen molar-refractivity contribution >= 4 is 33.7 Å². The second kappa shape index (κ2) is 7.87. The highest BCUT2D eigenvalue weighted by Gasteiger charge is 2.14. The molecule has 3 aromatic heterocycles. The summed E-state index contributed by atoms with van der Waals surface area (Å²) in [6.07, 6.45) is 0.981. The number of amides is 1. The molecule has 1 amide bonds. The van der Waals surface area contributed by atoms with Gasteiger partial charge >= 0.3 is 5.69 Å². The Balaban J connectivity index is 1.43. The van der Waals surface area contributed by atoms with Gasteiger partial charge in [-0.3, -0.25) is 4.79 Å². The van der Waals surface area contributed by atoms with E-state index in [9.17, 15) is 9.59 Å². The van der Waals surface area contributed by atoms with Gasteiger partial charge in [-0.05, 0) is 39.9 Å². The number of carbonyl (C=O) groups is 1. The van der Waals surface area contributed by atoms with Gasteiger partial charge in [-0.1, -0.05) is 31.2 Å². The number of anilines is 1. The summed E-state index contributed by atoms with van der Waals surface area (Å²) in [4.78, 5) is 29.0. The van der Waals surface area contributed by atoms with Gasteiger partial charge in [-0.2, -0.15) is 9.36 Å². The summed E-state index contributed by atoms with van der Waals surface area (Å²) < 4.78 is 2.19. The molecular weight excluding hydrogens is 396 g/mol. The van der Waals surface area contributed by atoms with Crippen LogP contribution in [-0.2, 0) is 17.8 Å². The van der Waals surface area contributed by atoms with E-state index in [4.69, 9.17) is 0 Å². The molecule has 0 aliphatic carbocycles. The van der Waals surface area contributed by atoms with Gasteiger partial charge < -0.3 is 5.32 Å². The molecule has 0 bridgehead atoms. The van der Waals surface area contributed by atoms with Crippen LogP contribution < -0.4 is 11.0 Å². The molecule has 3 heterocycles. The minimum atomic E-state index is -0.464. The van der Waals surface area contributed by atoms with E-state index in [0.717, 1.165) is 22.4 Å². The Morgan fingerprint density at radius 1 is 1.14 bits per heavy atom. The molecule has 10 heteroatoms. The number of benzene rings is 1. The number of hydrogen-bond donors (Lipinski definition) is 1. The Kier molecular flexibility index (Phi) is 5.13. The van der Waals surface area contributed by atoms with Crippen molar-refractivity contribution < 1.29 is 4.79 Å². The highest BCUT2D eigenvalue weighted by Crippen LogP contribution is 2.25. The maximum absolute atomic E-state index is 12.3. The summed E-state index contributed by atoms with van der Waals surface area (Å²) in [6.45, 7) is 1.88. The monoisotopic (exact) mass is 412 g/mol. The third-order valence-electron chi connectivity index (χ3n) is 4.06. The highest BCUT2D eigenvalue weighted by molar-refractivity contribution is 7.14. The lowest BCUT2D eigenvalue weighted by Gasteiger charge is -2.01. The average molecular weight is 413 g/mol. The standard InChI is InChI=1S/C18H16N6O2S2/c1-2-12-5-7-13(8-6-12)14-11-28-17(19-14)20-15(25)10-23-18(26)24(22-21-23)16-4-3-9-27-16/h3-9,11H,2,10H2,1H3,(H,19,20,25). The quantitative estimate of drug-likeness (QED) is 0.525. The molecular formula is C18H16N6O2S2. The number of nitrogens with one attached hydrogen (secondary N) is 1. The second-order valence-corrected chi connectivity index (χ2v) is 7.70. The van der Waals surface area contributed by atoms with Crippen LogP contribution in [0.4, 0.5) is 5.13 Å². The van der Waals surface area contributed by atoms with Gasteiger partial charge in [0.15, 0.2) is 5.13 Å². The smallest absolute Gasteiger partial charge is 0.300 e. The summed E-state index contributed by atoms with van der Waals surface area (Å²) >= 11 is 2.70. The zero-order chi connectivity index (χ0) is 19.5. The summed E-state index contributed by atoms with van der Waals surface area (Å²) in [5.74, 6) is -0.387. The average Bonchev–Trinajstić information content (AvgIpc) is 3.45. The summed E-state index contributed by atoms with van der Waals surface area (Å²) in [5, 5.41) is 15.1. The number of aryl methyl sites for hydroxylation is 1. The molecule has 142 valence electrons. The van der Waals surface area contributed by atoms with Gasteiger partial charge in [-0.15, -0.1) is 22.7 Å². The molecule has 0 fully saturated rings. The van der Waals surface area contributed by atoms with E-state index in [-0.39, 0.29) is 12.5 Å². The lowest BCUT2D eigenvalue weighted by atomic mass is 10.1. The van der Waals surface area contributed by atoms with Crippen LogP contribution in [0.25, 0.3) is 16.3 Å². The van der Waals surface area contributed by atoms with Crippen molar-refractivity contribution in [2.75, 3.05) is 5.32 Å². The van der Waals surface area contributed by atoms with Gasteiger partial charge in [-0.25, -0.2) is 9.78 Å². The zero-order valence-electron chi connectivity index (χ0n) is 14.9. The van der Waals surface area contributed by atoms with Crippen molar-refractivity contribution in [1.29, 1.82) is 0 Å². The van der Waals surface area contributed by atoms with E-state index in [1.54, 1.807) is 6.07 Å². The van der Waals surface area contributed by atoms with E-state index >= 15 is 0 Å². The lowest BCUT2D eigenvalue weighted by Crippen LogP contribution is -2.29. The molecule has 0 saturated heterocycles. The maximum Gasteiger partial charge on any atom is 0.369 e. The Morgan fingerprint density at radius 3 is 2.68 bits per heavy atom. The van der Waals surface area contributed by atoms with Crippen molar-refractivity contribution in [2.45, 2.75) is 19.9 Å². The number of hydrogen-bond acceptors (Lipinski definition) is 7. The minimum absolute atomic E-state index is 0.232. The van der Waals surface area contributed by atoms with Gasteiger partial charge in [0.1, 0.15) is 11.5 Å². The first-order valence-electron chi connectivity index (χ1n) is 8.55. The van der Waals surface area contributed by atoms with Crippen LogP contribution in [-0.4, -0.2) is 30.7 Å². The molecule has 0 aliphatic rings. The first-order chi connectivity index (χ1) is 13.6. The van der Waals surface area contributed by atoms with Crippen molar-refractivity contribution in [1.82, 2.24) is 24.8 Å². The fourth-order valence-electron chi connectivity index (χ4n) is 2.57. The van der Waals surface area contributed by atoms with Crippen LogP contribution in [0.15, 0.2) is 52.0 Å². The lowest BCUT2D eigenvalue weighted by molar-refractivity contribution is -0.117. The third kappa shape index (κ3) is 3.78. The molecule has 4 aromatic rings. The van der Waals surface area contributed by atoms with Crippen molar-refractivity contribution in [2.24, 2.45) is 0 Å². The summed E-state index contributed by atoms with van der Waals surface area (Å²) in [6, 6.07) is 11.7. The number of tetrazole rings is 1. The number of nitrogens with zero attached hydrogens (tertiary/aromatic N) is 5. The topological polar surface area (TPSA) is 94.7 Å². The van der Waals surface area contributed by atoms with Crippen molar-refractivity contribution in [3.05, 3.63) is 63.2 Å². The molecule has 0 aliphatic heterocycles. The Labute approximate surface area is 168 Å². The maximum atomic E-state index is 12.3. The number of thiazole rings is 1. The van der Waals surface area contributed by atoms with Crippen LogP contribution in [0.2, 0.25) is 0 Å². The third-order valence-corrected chi connectivity index (χ3v) is 5.66. The Hall–Kier alpha value is -3.11. The molecule has 0 spiro atoms. The molecule has 0 atom stereocenters. The fraction of sp³-hybridized carbons (Fsp3) is 0.167. The molecule has 4 rings (SSSR count). The van der Waals surface area contributed by atoms with Crippen LogP contribution in [0.5, 0.6) is 0 Å². The summed E-state index contributed by atoms with van der Waals surface area (Å²) in [7, 11) is 0. The second-order valence-electron chi connectivity index (χ2n) is 5.92. The van der Waals surface area contributed by atoms with E-state index in [0.29, 0.717) is 10.1 Å².